The van der Waals surface area contributed by atoms with Crippen LogP contribution in [0.3, 0.4) is 0 Å². The van der Waals surface area contributed by atoms with Gasteiger partial charge in [0.25, 0.3) is 0 Å². The van der Waals surface area contributed by atoms with Crippen LogP contribution >= 0.6 is 0 Å². The average Bonchev–Trinajstić information content (AvgIpc) is 2.93. The predicted molar refractivity (Wildman–Crippen MR) is 98.2 cm³/mol. The molecule has 132 valence electrons. The Morgan fingerprint density at radius 1 is 0.917 bits per heavy atom. The van der Waals surface area contributed by atoms with Crippen LogP contribution in [0.1, 0.15) is 68.5 Å². The molecule has 2 aliphatic heterocycles. The molecule has 0 aromatic heterocycles. The summed E-state index contributed by atoms with van der Waals surface area (Å²) < 4.78 is 0. The predicted octanol–water partition coefficient (Wildman–Crippen LogP) is 3.38. The number of hydrogen-bond acceptors (Lipinski definition) is 3. The zero-order valence-electron chi connectivity index (χ0n) is 14.8. The Hall–Kier alpha value is -0.900. The van der Waals surface area contributed by atoms with Crippen molar-refractivity contribution in [2.45, 2.75) is 68.9 Å². The topological polar surface area (TPSA) is 35.5 Å². The lowest BCUT2D eigenvalue weighted by atomic mass is 9.72. The molecule has 1 spiro atoms. The third-order valence-corrected chi connectivity index (χ3v) is 6.71. The lowest BCUT2D eigenvalue weighted by Gasteiger charge is -2.41. The maximum atomic E-state index is 11.5. The smallest absolute Gasteiger partial charge is 0.0834 e. The molecule has 3 nitrogen and oxygen atoms in total. The molecule has 2 heterocycles. The van der Waals surface area contributed by atoms with E-state index < -0.39 is 0 Å². The van der Waals surface area contributed by atoms with E-state index in [2.05, 4.69) is 34.5 Å². The summed E-state index contributed by atoms with van der Waals surface area (Å²) in [5.74, 6) is 0. The Morgan fingerprint density at radius 3 is 2.25 bits per heavy atom. The lowest BCUT2D eigenvalue weighted by molar-refractivity contribution is -0.00257. The maximum absolute atomic E-state index is 11.5. The fraction of sp³-hybridized carbons (Fsp3) is 0.714. The summed E-state index contributed by atoms with van der Waals surface area (Å²) in [7, 11) is 0. The van der Waals surface area contributed by atoms with Crippen molar-refractivity contribution >= 4 is 0 Å². The molecule has 1 aliphatic carbocycles. The monoisotopic (exact) mass is 328 g/mol. The van der Waals surface area contributed by atoms with Crippen molar-refractivity contribution in [3.05, 3.63) is 35.4 Å². The van der Waals surface area contributed by atoms with Gasteiger partial charge in [0.1, 0.15) is 0 Å². The molecular weight excluding hydrogens is 296 g/mol. The second kappa shape index (κ2) is 7.15. The van der Waals surface area contributed by atoms with E-state index in [0.29, 0.717) is 0 Å². The van der Waals surface area contributed by atoms with Gasteiger partial charge in [0.15, 0.2) is 0 Å². The van der Waals surface area contributed by atoms with Crippen LogP contribution < -0.4 is 5.32 Å². The minimum absolute atomic E-state index is 0.0229. The van der Waals surface area contributed by atoms with Gasteiger partial charge in [-0.15, -0.1) is 0 Å². The molecule has 2 atom stereocenters. The Bertz CT molecular complexity index is 543. The molecule has 1 aromatic carbocycles. The summed E-state index contributed by atoms with van der Waals surface area (Å²) in [5.41, 5.74) is 2.82. The largest absolute Gasteiger partial charge is 0.390 e. The number of hydrogen-bond donors (Lipinski definition) is 2. The van der Waals surface area contributed by atoms with Crippen LogP contribution in [-0.4, -0.2) is 42.3 Å². The second-order valence-corrected chi connectivity index (χ2v) is 8.04. The maximum Gasteiger partial charge on any atom is 0.0834 e. The van der Waals surface area contributed by atoms with E-state index in [-0.39, 0.29) is 17.6 Å². The van der Waals surface area contributed by atoms with Crippen molar-refractivity contribution in [1.29, 1.82) is 0 Å². The highest BCUT2D eigenvalue weighted by molar-refractivity contribution is 5.45. The molecule has 0 amide bonds. The van der Waals surface area contributed by atoms with E-state index in [1.165, 1.54) is 49.7 Å². The Labute approximate surface area is 146 Å². The van der Waals surface area contributed by atoms with Crippen molar-refractivity contribution in [1.82, 2.24) is 10.2 Å². The molecule has 0 bridgehead atoms. The van der Waals surface area contributed by atoms with Gasteiger partial charge in [-0.3, -0.25) is 4.90 Å². The summed E-state index contributed by atoms with van der Waals surface area (Å²) in [6, 6.07) is 9.11. The summed E-state index contributed by atoms with van der Waals surface area (Å²) in [6.07, 6.45) is 9.88. The quantitative estimate of drug-likeness (QED) is 0.829. The standard InChI is InChI=1S/C21H32N2O/c24-20-19(23-15-7-3-1-2-4-8-16-23)17-9-5-6-10-18(17)21(20)11-13-22-14-12-21/h5-6,9-10,19-20,22,24H,1-4,7-8,11-16H2/t19-,20+/m1/s1. The molecule has 3 aliphatic rings. The molecule has 2 fully saturated rings. The van der Waals surface area contributed by atoms with Crippen molar-refractivity contribution in [2.75, 3.05) is 26.2 Å². The molecule has 1 aromatic rings. The minimum Gasteiger partial charge on any atom is -0.390 e. The van der Waals surface area contributed by atoms with Crippen molar-refractivity contribution in [3.63, 3.8) is 0 Å². The van der Waals surface area contributed by atoms with Crippen molar-refractivity contribution < 1.29 is 5.11 Å². The number of fused-ring (bicyclic) bond motifs is 2. The van der Waals surface area contributed by atoms with Gasteiger partial charge in [0.05, 0.1) is 12.1 Å². The van der Waals surface area contributed by atoms with Crippen LogP contribution in [0.25, 0.3) is 0 Å². The van der Waals surface area contributed by atoms with Gasteiger partial charge in [-0.05, 0) is 63.0 Å². The first-order valence-corrected chi connectivity index (χ1v) is 10.1. The number of aliphatic hydroxyl groups excluding tert-OH is 1. The van der Waals surface area contributed by atoms with Gasteiger partial charge in [-0.1, -0.05) is 49.9 Å². The van der Waals surface area contributed by atoms with Gasteiger partial charge < -0.3 is 10.4 Å². The van der Waals surface area contributed by atoms with Crippen LogP contribution in [0.15, 0.2) is 24.3 Å². The highest BCUT2D eigenvalue weighted by Crippen LogP contribution is 2.52. The lowest BCUT2D eigenvalue weighted by Crippen LogP contribution is -2.48. The molecule has 0 saturated carbocycles. The molecule has 2 saturated heterocycles. The third-order valence-electron chi connectivity index (χ3n) is 6.71. The summed E-state index contributed by atoms with van der Waals surface area (Å²) in [4.78, 5) is 2.62. The van der Waals surface area contributed by atoms with Crippen LogP contribution in [-0.2, 0) is 5.41 Å². The molecule has 0 radical (unpaired) electrons. The molecule has 4 rings (SSSR count). The second-order valence-electron chi connectivity index (χ2n) is 8.04. The first-order valence-electron chi connectivity index (χ1n) is 10.1. The third kappa shape index (κ3) is 2.81. The van der Waals surface area contributed by atoms with Crippen molar-refractivity contribution in [2.24, 2.45) is 0 Å². The molecular formula is C21H32N2O. The first-order chi connectivity index (χ1) is 11.8. The van der Waals surface area contributed by atoms with E-state index in [4.69, 9.17) is 0 Å². The molecule has 2 N–H and O–H groups in total. The van der Waals surface area contributed by atoms with E-state index in [1.54, 1.807) is 0 Å². The van der Waals surface area contributed by atoms with E-state index in [9.17, 15) is 5.11 Å². The van der Waals surface area contributed by atoms with Gasteiger partial charge >= 0.3 is 0 Å². The molecule has 3 heteroatoms. The van der Waals surface area contributed by atoms with E-state index in [1.807, 2.05) is 0 Å². The number of piperidine rings is 1. The van der Waals surface area contributed by atoms with Crippen LogP contribution in [0.2, 0.25) is 0 Å². The molecule has 24 heavy (non-hydrogen) atoms. The highest BCUT2D eigenvalue weighted by atomic mass is 16.3. The zero-order valence-corrected chi connectivity index (χ0v) is 14.8. The van der Waals surface area contributed by atoms with Crippen LogP contribution in [0, 0.1) is 0 Å². The van der Waals surface area contributed by atoms with Gasteiger partial charge in [0.2, 0.25) is 0 Å². The van der Waals surface area contributed by atoms with Crippen LogP contribution in [0.5, 0.6) is 0 Å². The fourth-order valence-corrected chi connectivity index (χ4v) is 5.40. The fourth-order valence-electron chi connectivity index (χ4n) is 5.40. The SMILES string of the molecule is O[C@H]1[C@H](N2CCCCCCCC2)c2ccccc2C12CCNCC2. The zero-order chi connectivity index (χ0) is 16.4. The molecule has 0 unspecified atom stereocenters. The number of benzene rings is 1. The Balaban J connectivity index is 1.67. The normalized spacial score (nSPS) is 31.2. The van der Waals surface area contributed by atoms with Gasteiger partial charge in [0, 0.05) is 5.41 Å². The summed E-state index contributed by atoms with van der Waals surface area (Å²) in [5, 5.41) is 15.0. The highest BCUT2D eigenvalue weighted by Gasteiger charge is 2.52. The minimum atomic E-state index is -0.252. The van der Waals surface area contributed by atoms with Gasteiger partial charge in [-0.25, -0.2) is 0 Å². The van der Waals surface area contributed by atoms with Crippen LogP contribution in [0.4, 0.5) is 0 Å². The number of aliphatic hydroxyl groups is 1. The Morgan fingerprint density at radius 2 is 1.54 bits per heavy atom. The average molecular weight is 329 g/mol. The Kier molecular flexibility index (Phi) is 4.93. The van der Waals surface area contributed by atoms with Crippen molar-refractivity contribution in [3.8, 4) is 0 Å². The first kappa shape index (κ1) is 16.6. The summed E-state index contributed by atoms with van der Waals surface area (Å²) in [6.45, 7) is 4.34. The van der Waals surface area contributed by atoms with E-state index >= 15 is 0 Å². The summed E-state index contributed by atoms with van der Waals surface area (Å²) >= 11 is 0. The van der Waals surface area contributed by atoms with E-state index in [0.717, 1.165) is 39.0 Å². The number of nitrogens with one attached hydrogen (secondary N) is 1. The number of nitrogens with zero attached hydrogens (tertiary/aromatic N) is 1. The van der Waals surface area contributed by atoms with Gasteiger partial charge in [-0.2, -0.15) is 0 Å². The number of rotatable bonds is 1.